The van der Waals surface area contributed by atoms with Crippen molar-refractivity contribution in [2.45, 2.75) is 26.4 Å². The standard InChI is InChI=1S/C19H19N3O2S/c1-14(2)22(18(23)11-10-16-9-6-12-25-16)13-17-20-21-19(24-17)15-7-4-3-5-8-15/h3-12,14H,13H2,1-2H3/b11-10+. The van der Waals surface area contributed by atoms with E-state index in [1.165, 1.54) is 0 Å². The van der Waals surface area contributed by atoms with Crippen molar-refractivity contribution in [2.75, 3.05) is 0 Å². The predicted molar refractivity (Wildman–Crippen MR) is 98.8 cm³/mol. The van der Waals surface area contributed by atoms with Crippen LogP contribution in [0.1, 0.15) is 24.6 Å². The van der Waals surface area contributed by atoms with Gasteiger partial charge in [-0.3, -0.25) is 4.79 Å². The summed E-state index contributed by atoms with van der Waals surface area (Å²) in [6.45, 7) is 4.21. The molecule has 0 bridgehead atoms. The summed E-state index contributed by atoms with van der Waals surface area (Å²) < 4.78 is 5.71. The molecule has 128 valence electrons. The quantitative estimate of drug-likeness (QED) is 0.622. The van der Waals surface area contributed by atoms with Gasteiger partial charge in [0.25, 0.3) is 0 Å². The van der Waals surface area contributed by atoms with Gasteiger partial charge in [-0.15, -0.1) is 21.5 Å². The molecule has 3 rings (SSSR count). The maximum atomic E-state index is 12.5. The fraction of sp³-hybridized carbons (Fsp3) is 0.211. The first kappa shape index (κ1) is 17.1. The van der Waals surface area contributed by atoms with Gasteiger partial charge in [-0.1, -0.05) is 24.3 Å². The van der Waals surface area contributed by atoms with Crippen LogP contribution < -0.4 is 0 Å². The highest BCUT2D eigenvalue weighted by atomic mass is 32.1. The molecule has 1 aromatic carbocycles. The van der Waals surface area contributed by atoms with Crippen LogP contribution >= 0.6 is 11.3 Å². The van der Waals surface area contributed by atoms with E-state index < -0.39 is 0 Å². The maximum Gasteiger partial charge on any atom is 0.247 e. The molecule has 0 aliphatic carbocycles. The van der Waals surface area contributed by atoms with E-state index >= 15 is 0 Å². The van der Waals surface area contributed by atoms with E-state index in [4.69, 9.17) is 4.42 Å². The molecule has 0 spiro atoms. The molecule has 0 aliphatic heterocycles. The second-order valence-corrected chi connectivity index (χ2v) is 6.75. The molecule has 0 saturated heterocycles. The number of nitrogens with zero attached hydrogens (tertiary/aromatic N) is 3. The van der Waals surface area contributed by atoms with E-state index in [0.29, 0.717) is 11.8 Å². The monoisotopic (exact) mass is 353 g/mol. The summed E-state index contributed by atoms with van der Waals surface area (Å²) in [5.41, 5.74) is 0.862. The molecule has 2 heterocycles. The summed E-state index contributed by atoms with van der Waals surface area (Å²) in [7, 11) is 0. The van der Waals surface area contributed by atoms with Gasteiger partial charge >= 0.3 is 0 Å². The number of hydrogen-bond donors (Lipinski definition) is 0. The molecule has 3 aromatic rings. The molecular formula is C19H19N3O2S. The lowest BCUT2D eigenvalue weighted by Gasteiger charge is -2.23. The molecule has 25 heavy (non-hydrogen) atoms. The lowest BCUT2D eigenvalue weighted by molar-refractivity contribution is -0.128. The highest BCUT2D eigenvalue weighted by Crippen LogP contribution is 2.18. The number of aromatic nitrogens is 2. The molecule has 0 saturated carbocycles. The summed E-state index contributed by atoms with van der Waals surface area (Å²) in [6, 6.07) is 13.5. The second kappa shape index (κ2) is 7.90. The van der Waals surface area contributed by atoms with Gasteiger partial charge in [0.2, 0.25) is 17.7 Å². The van der Waals surface area contributed by atoms with Crippen molar-refractivity contribution in [1.29, 1.82) is 0 Å². The Morgan fingerprint density at radius 3 is 2.68 bits per heavy atom. The highest BCUT2D eigenvalue weighted by molar-refractivity contribution is 7.10. The average Bonchev–Trinajstić information content (AvgIpc) is 3.30. The summed E-state index contributed by atoms with van der Waals surface area (Å²) in [4.78, 5) is 15.3. The molecule has 0 aliphatic rings. The van der Waals surface area contributed by atoms with Crippen LogP contribution in [-0.2, 0) is 11.3 Å². The van der Waals surface area contributed by atoms with Gasteiger partial charge in [-0.25, -0.2) is 0 Å². The van der Waals surface area contributed by atoms with Crippen LogP contribution in [0.2, 0.25) is 0 Å². The zero-order chi connectivity index (χ0) is 17.6. The van der Waals surface area contributed by atoms with Crippen LogP contribution in [0.4, 0.5) is 0 Å². The highest BCUT2D eigenvalue weighted by Gasteiger charge is 2.19. The number of hydrogen-bond acceptors (Lipinski definition) is 5. The normalized spacial score (nSPS) is 11.3. The second-order valence-electron chi connectivity index (χ2n) is 5.78. The van der Waals surface area contributed by atoms with Crippen LogP contribution in [0, 0.1) is 0 Å². The fourth-order valence-electron chi connectivity index (χ4n) is 2.31. The van der Waals surface area contributed by atoms with Gasteiger partial charge < -0.3 is 9.32 Å². The van der Waals surface area contributed by atoms with Gasteiger partial charge in [0, 0.05) is 22.6 Å². The Hall–Kier alpha value is -2.73. The number of amides is 1. The molecule has 0 unspecified atom stereocenters. The average molecular weight is 353 g/mol. The van der Waals surface area contributed by atoms with Crippen molar-refractivity contribution in [3.05, 3.63) is 64.7 Å². The lowest BCUT2D eigenvalue weighted by Crippen LogP contribution is -2.35. The van der Waals surface area contributed by atoms with E-state index in [-0.39, 0.29) is 18.5 Å². The minimum Gasteiger partial charge on any atom is -0.419 e. The van der Waals surface area contributed by atoms with Gasteiger partial charge in [0.15, 0.2) is 0 Å². The molecule has 0 atom stereocenters. The fourth-order valence-corrected chi connectivity index (χ4v) is 2.93. The van der Waals surface area contributed by atoms with Gasteiger partial charge in [-0.05, 0) is 43.5 Å². The van der Waals surface area contributed by atoms with Crippen LogP contribution in [0.5, 0.6) is 0 Å². The maximum absolute atomic E-state index is 12.5. The largest absolute Gasteiger partial charge is 0.419 e. The number of carbonyl (C=O) groups is 1. The Morgan fingerprint density at radius 1 is 1.20 bits per heavy atom. The van der Waals surface area contributed by atoms with Crippen LogP contribution in [0.25, 0.3) is 17.5 Å². The third-order valence-corrected chi connectivity index (χ3v) is 4.47. The molecular weight excluding hydrogens is 334 g/mol. The van der Waals surface area contributed by atoms with Crippen molar-refractivity contribution in [3.63, 3.8) is 0 Å². The first-order valence-electron chi connectivity index (χ1n) is 8.03. The Labute approximate surface area is 150 Å². The molecule has 0 N–H and O–H groups in total. The summed E-state index contributed by atoms with van der Waals surface area (Å²) in [6.07, 6.45) is 3.41. The smallest absolute Gasteiger partial charge is 0.247 e. The van der Waals surface area contributed by atoms with E-state index in [0.717, 1.165) is 10.4 Å². The van der Waals surface area contributed by atoms with E-state index in [2.05, 4.69) is 10.2 Å². The number of thiophene rings is 1. The molecule has 1 amide bonds. The minimum atomic E-state index is -0.0807. The topological polar surface area (TPSA) is 59.2 Å². The van der Waals surface area contributed by atoms with Gasteiger partial charge in [-0.2, -0.15) is 0 Å². The Kier molecular flexibility index (Phi) is 5.40. The molecule has 5 nitrogen and oxygen atoms in total. The number of rotatable bonds is 6. The first-order valence-corrected chi connectivity index (χ1v) is 8.91. The van der Waals surface area contributed by atoms with E-state index in [1.807, 2.05) is 67.8 Å². The zero-order valence-electron chi connectivity index (χ0n) is 14.1. The number of carbonyl (C=O) groups excluding carboxylic acids is 1. The zero-order valence-corrected chi connectivity index (χ0v) is 14.9. The van der Waals surface area contributed by atoms with Crippen molar-refractivity contribution in [3.8, 4) is 11.5 Å². The Bertz CT molecular complexity index is 839. The van der Waals surface area contributed by atoms with E-state index in [1.54, 1.807) is 22.3 Å². The Balaban J connectivity index is 1.72. The summed E-state index contributed by atoms with van der Waals surface area (Å²) >= 11 is 1.59. The van der Waals surface area contributed by atoms with Crippen LogP contribution in [0.3, 0.4) is 0 Å². The minimum absolute atomic E-state index is 0.0209. The molecule has 0 fully saturated rings. The predicted octanol–water partition coefficient (Wildman–Crippen LogP) is 4.25. The van der Waals surface area contributed by atoms with Crippen molar-refractivity contribution >= 4 is 23.3 Å². The third kappa shape index (κ3) is 4.42. The van der Waals surface area contributed by atoms with Crippen LogP contribution in [0.15, 0.2) is 58.3 Å². The van der Waals surface area contributed by atoms with Crippen molar-refractivity contribution in [1.82, 2.24) is 15.1 Å². The number of benzene rings is 1. The third-order valence-electron chi connectivity index (χ3n) is 3.63. The van der Waals surface area contributed by atoms with Crippen LogP contribution in [-0.4, -0.2) is 27.0 Å². The molecule has 6 heteroatoms. The Morgan fingerprint density at radius 2 is 2.00 bits per heavy atom. The molecule has 0 radical (unpaired) electrons. The lowest BCUT2D eigenvalue weighted by atomic mass is 10.2. The first-order chi connectivity index (χ1) is 12.1. The van der Waals surface area contributed by atoms with Gasteiger partial charge in [0.05, 0.1) is 6.54 Å². The van der Waals surface area contributed by atoms with Crippen molar-refractivity contribution < 1.29 is 9.21 Å². The summed E-state index contributed by atoms with van der Waals surface area (Å²) in [5.74, 6) is 0.800. The van der Waals surface area contributed by atoms with E-state index in [9.17, 15) is 4.79 Å². The molecule has 2 aromatic heterocycles. The van der Waals surface area contributed by atoms with Crippen molar-refractivity contribution in [2.24, 2.45) is 0 Å². The summed E-state index contributed by atoms with van der Waals surface area (Å²) in [5, 5.41) is 10.1. The SMILES string of the molecule is CC(C)N(Cc1nnc(-c2ccccc2)o1)C(=O)/C=C/c1cccs1. The van der Waals surface area contributed by atoms with Gasteiger partial charge in [0.1, 0.15) is 0 Å².